The summed E-state index contributed by atoms with van der Waals surface area (Å²) in [5.41, 5.74) is -0.659. The normalized spacial score (nSPS) is 15.5. The average molecular weight is 238 g/mol. The first-order valence-corrected chi connectivity index (χ1v) is 4.80. The van der Waals surface area contributed by atoms with Crippen LogP contribution in [0, 0.1) is 15.9 Å². The lowest BCUT2D eigenvalue weighted by atomic mass is 10.2. The van der Waals surface area contributed by atoms with Crippen molar-refractivity contribution >= 4 is 23.2 Å². The van der Waals surface area contributed by atoms with E-state index in [2.05, 4.69) is 0 Å². The molecule has 1 saturated heterocycles. The lowest BCUT2D eigenvalue weighted by molar-refractivity contribution is -0.385. The van der Waals surface area contributed by atoms with E-state index in [1.54, 1.807) is 0 Å². The van der Waals surface area contributed by atoms with Gasteiger partial charge >= 0.3 is 0 Å². The van der Waals surface area contributed by atoms with Crippen LogP contribution < -0.4 is 4.90 Å². The Morgan fingerprint density at radius 3 is 2.29 bits per heavy atom. The van der Waals surface area contributed by atoms with Crippen molar-refractivity contribution in [3.63, 3.8) is 0 Å². The quantitative estimate of drug-likeness (QED) is 0.443. The van der Waals surface area contributed by atoms with Crippen molar-refractivity contribution in [3.8, 4) is 0 Å². The van der Waals surface area contributed by atoms with Gasteiger partial charge in [0.15, 0.2) is 5.82 Å². The van der Waals surface area contributed by atoms with E-state index < -0.39 is 28.2 Å². The first kappa shape index (κ1) is 11.2. The third kappa shape index (κ3) is 1.86. The van der Waals surface area contributed by atoms with Crippen LogP contribution in [-0.2, 0) is 9.59 Å². The summed E-state index contributed by atoms with van der Waals surface area (Å²) in [6.07, 6.45) is 0.0739. The van der Waals surface area contributed by atoms with E-state index in [0.29, 0.717) is 6.07 Å². The fourth-order valence-corrected chi connectivity index (χ4v) is 1.64. The van der Waals surface area contributed by atoms with Gasteiger partial charge in [0.2, 0.25) is 11.8 Å². The molecule has 2 rings (SSSR count). The van der Waals surface area contributed by atoms with Crippen LogP contribution in [0.3, 0.4) is 0 Å². The van der Waals surface area contributed by atoms with E-state index >= 15 is 0 Å². The molecule has 0 atom stereocenters. The molecule has 1 aliphatic rings. The highest BCUT2D eigenvalue weighted by atomic mass is 19.1. The number of anilines is 1. The van der Waals surface area contributed by atoms with Crippen LogP contribution >= 0.6 is 0 Å². The molecule has 0 bridgehead atoms. The van der Waals surface area contributed by atoms with Crippen molar-refractivity contribution in [3.05, 3.63) is 34.1 Å². The number of halogens is 1. The molecule has 7 heteroatoms. The van der Waals surface area contributed by atoms with Crippen molar-refractivity contribution in [2.45, 2.75) is 12.8 Å². The van der Waals surface area contributed by atoms with E-state index in [4.69, 9.17) is 0 Å². The Bertz CT molecular complexity index is 513. The standard InChI is InChI=1S/C10H7FN2O4/c11-7-5-6(13(16)17)1-2-8(7)12-9(14)3-4-10(12)15/h1-2,5H,3-4H2. The smallest absolute Gasteiger partial charge is 0.272 e. The van der Waals surface area contributed by atoms with Crippen molar-refractivity contribution in [1.29, 1.82) is 0 Å². The average Bonchev–Trinajstić information content (AvgIpc) is 2.59. The summed E-state index contributed by atoms with van der Waals surface area (Å²) in [6.45, 7) is 0. The van der Waals surface area contributed by atoms with E-state index in [1.165, 1.54) is 0 Å². The maximum Gasteiger partial charge on any atom is 0.272 e. The number of hydrogen-bond donors (Lipinski definition) is 0. The lowest BCUT2D eigenvalue weighted by Crippen LogP contribution is -2.29. The maximum absolute atomic E-state index is 13.6. The third-order valence-electron chi connectivity index (χ3n) is 2.43. The largest absolute Gasteiger partial charge is 0.274 e. The molecule has 0 saturated carbocycles. The minimum absolute atomic E-state index is 0.0370. The number of carbonyl (C=O) groups is 2. The van der Waals surface area contributed by atoms with Crippen molar-refractivity contribution in [2.24, 2.45) is 0 Å². The predicted molar refractivity (Wildman–Crippen MR) is 54.8 cm³/mol. The van der Waals surface area contributed by atoms with Gasteiger partial charge in [-0.1, -0.05) is 0 Å². The Morgan fingerprint density at radius 1 is 1.24 bits per heavy atom. The van der Waals surface area contributed by atoms with Crippen LogP contribution in [0.2, 0.25) is 0 Å². The molecule has 0 N–H and O–H groups in total. The van der Waals surface area contributed by atoms with E-state index in [9.17, 15) is 24.1 Å². The molecule has 0 spiro atoms. The van der Waals surface area contributed by atoms with Crippen LogP contribution in [0.15, 0.2) is 18.2 Å². The number of hydrogen-bond acceptors (Lipinski definition) is 4. The Hall–Kier alpha value is -2.31. The van der Waals surface area contributed by atoms with Crippen molar-refractivity contribution < 1.29 is 18.9 Å². The van der Waals surface area contributed by atoms with Crippen LogP contribution in [0.1, 0.15) is 12.8 Å². The first-order chi connectivity index (χ1) is 8.00. The molecule has 17 heavy (non-hydrogen) atoms. The van der Waals surface area contributed by atoms with Crippen molar-refractivity contribution in [1.82, 2.24) is 0 Å². The second-order valence-corrected chi connectivity index (χ2v) is 3.52. The Kier molecular flexibility index (Phi) is 2.58. The zero-order valence-electron chi connectivity index (χ0n) is 8.55. The Morgan fingerprint density at radius 2 is 1.82 bits per heavy atom. The van der Waals surface area contributed by atoms with Gasteiger partial charge in [-0.3, -0.25) is 19.7 Å². The van der Waals surface area contributed by atoms with Crippen molar-refractivity contribution in [2.75, 3.05) is 4.90 Å². The number of non-ortho nitro benzene ring substituents is 1. The summed E-state index contributed by atoms with van der Waals surface area (Å²) in [4.78, 5) is 33.1. The number of nitro benzene ring substituents is 1. The minimum atomic E-state index is -0.956. The molecule has 1 fully saturated rings. The number of imide groups is 1. The number of amides is 2. The molecule has 88 valence electrons. The van der Waals surface area contributed by atoms with Gasteiger partial charge in [0.25, 0.3) is 5.69 Å². The third-order valence-corrected chi connectivity index (χ3v) is 2.43. The summed E-state index contributed by atoms with van der Waals surface area (Å²) in [5.74, 6) is -1.95. The van der Waals surface area contributed by atoms with Crippen LogP contribution in [0.4, 0.5) is 15.8 Å². The summed E-state index contributed by atoms with van der Waals surface area (Å²) < 4.78 is 13.6. The maximum atomic E-state index is 13.6. The highest BCUT2D eigenvalue weighted by Gasteiger charge is 2.32. The summed E-state index contributed by atoms with van der Waals surface area (Å²) in [7, 11) is 0. The Balaban J connectivity index is 2.43. The molecule has 1 aromatic carbocycles. The topological polar surface area (TPSA) is 80.5 Å². The zero-order valence-corrected chi connectivity index (χ0v) is 8.55. The number of nitro groups is 1. The van der Waals surface area contributed by atoms with Crippen LogP contribution in [0.25, 0.3) is 0 Å². The predicted octanol–water partition coefficient (Wildman–Crippen LogP) is 1.39. The molecule has 0 unspecified atom stereocenters. The monoisotopic (exact) mass is 238 g/mol. The molecule has 2 amide bonds. The number of rotatable bonds is 2. The molecule has 0 radical (unpaired) electrons. The molecular formula is C10H7FN2O4. The second-order valence-electron chi connectivity index (χ2n) is 3.52. The highest BCUT2D eigenvalue weighted by molar-refractivity contribution is 6.19. The molecule has 0 aromatic heterocycles. The van der Waals surface area contributed by atoms with Crippen LogP contribution in [-0.4, -0.2) is 16.7 Å². The second kappa shape index (κ2) is 3.93. The first-order valence-electron chi connectivity index (χ1n) is 4.80. The van der Waals surface area contributed by atoms with Gasteiger partial charge < -0.3 is 0 Å². The molecule has 1 aliphatic heterocycles. The number of carbonyl (C=O) groups excluding carboxylic acids is 2. The molecular weight excluding hydrogens is 231 g/mol. The van der Waals surface area contributed by atoms with E-state index in [1.807, 2.05) is 0 Å². The number of benzene rings is 1. The van der Waals surface area contributed by atoms with Gasteiger partial charge in [0.05, 0.1) is 16.7 Å². The summed E-state index contributed by atoms with van der Waals surface area (Å²) in [6, 6.07) is 2.81. The fraction of sp³-hybridized carbons (Fsp3) is 0.200. The number of nitrogens with zero attached hydrogens (tertiary/aromatic N) is 2. The highest BCUT2D eigenvalue weighted by Crippen LogP contribution is 2.28. The minimum Gasteiger partial charge on any atom is -0.274 e. The van der Waals surface area contributed by atoms with Gasteiger partial charge in [-0.15, -0.1) is 0 Å². The van der Waals surface area contributed by atoms with Gasteiger partial charge in [0.1, 0.15) is 0 Å². The molecule has 6 nitrogen and oxygen atoms in total. The Labute approximate surface area is 94.8 Å². The SMILES string of the molecule is O=C1CCC(=O)N1c1ccc([N+](=O)[O-])cc1F. The van der Waals surface area contributed by atoms with Crippen LogP contribution in [0.5, 0.6) is 0 Å². The lowest BCUT2D eigenvalue weighted by Gasteiger charge is -2.13. The van der Waals surface area contributed by atoms with E-state index in [0.717, 1.165) is 17.0 Å². The van der Waals surface area contributed by atoms with E-state index in [-0.39, 0.29) is 18.5 Å². The zero-order chi connectivity index (χ0) is 12.6. The summed E-state index contributed by atoms with van der Waals surface area (Å²) >= 11 is 0. The summed E-state index contributed by atoms with van der Waals surface area (Å²) in [5, 5.41) is 10.4. The molecule has 0 aliphatic carbocycles. The van der Waals surface area contributed by atoms with Gasteiger partial charge in [0, 0.05) is 18.9 Å². The van der Waals surface area contributed by atoms with Gasteiger partial charge in [-0.2, -0.15) is 0 Å². The fourth-order valence-electron chi connectivity index (χ4n) is 1.64. The molecule has 1 heterocycles. The van der Waals surface area contributed by atoms with Gasteiger partial charge in [-0.25, -0.2) is 9.29 Å². The van der Waals surface area contributed by atoms with Gasteiger partial charge in [-0.05, 0) is 6.07 Å². The molecule has 1 aromatic rings.